The van der Waals surface area contributed by atoms with Crippen LogP contribution in [0.2, 0.25) is 0 Å². The summed E-state index contributed by atoms with van der Waals surface area (Å²) in [5.74, 6) is 0.0508. The van der Waals surface area contributed by atoms with Crippen molar-refractivity contribution in [3.63, 3.8) is 0 Å². The van der Waals surface area contributed by atoms with E-state index in [-0.39, 0.29) is 18.8 Å². The van der Waals surface area contributed by atoms with Crippen LogP contribution in [0.5, 0.6) is 0 Å². The van der Waals surface area contributed by atoms with Gasteiger partial charge in [0, 0.05) is 19.1 Å². The van der Waals surface area contributed by atoms with Crippen molar-refractivity contribution in [1.82, 2.24) is 0 Å². The molecule has 1 unspecified atom stereocenters. The van der Waals surface area contributed by atoms with E-state index in [1.165, 1.54) is 0 Å². The molecular weight excluding hydrogens is 144 g/mol. The second-order valence-corrected chi connectivity index (χ2v) is 2.44. The number of aliphatic hydroxyl groups excluding tert-OH is 1. The summed E-state index contributed by atoms with van der Waals surface area (Å²) in [6.45, 7) is 7.07. The lowest BCUT2D eigenvalue weighted by atomic mass is 10.2. The molecule has 0 aliphatic heterocycles. The van der Waals surface area contributed by atoms with E-state index in [9.17, 15) is 0 Å². The van der Waals surface area contributed by atoms with Crippen molar-refractivity contribution < 1.29 is 14.6 Å². The van der Waals surface area contributed by atoms with Gasteiger partial charge in [0.1, 0.15) is 0 Å². The fourth-order valence-electron chi connectivity index (χ4n) is 0.791. The number of hydrogen-bond donors (Lipinski definition) is 1. The summed E-state index contributed by atoms with van der Waals surface area (Å²) in [5, 5.41) is 8.80. The Labute approximate surface area is 68.3 Å². The molecule has 0 radical (unpaired) electrons. The summed E-state index contributed by atoms with van der Waals surface area (Å²) in [6.07, 6.45) is -0.255. The molecule has 1 atom stereocenters. The van der Waals surface area contributed by atoms with Crippen LogP contribution in [0, 0.1) is 5.92 Å². The molecule has 0 rings (SSSR count). The van der Waals surface area contributed by atoms with Crippen LogP contribution in [-0.4, -0.2) is 31.2 Å². The van der Waals surface area contributed by atoms with Gasteiger partial charge < -0.3 is 14.6 Å². The van der Waals surface area contributed by atoms with Crippen LogP contribution < -0.4 is 0 Å². The Balaban J connectivity index is 3.66. The molecule has 1 N–H and O–H groups in total. The van der Waals surface area contributed by atoms with E-state index < -0.39 is 0 Å². The van der Waals surface area contributed by atoms with E-state index in [1.807, 2.05) is 20.8 Å². The van der Waals surface area contributed by atoms with Crippen molar-refractivity contribution in [1.29, 1.82) is 0 Å². The Kier molecular flexibility index (Phi) is 6.51. The van der Waals surface area contributed by atoms with E-state index in [4.69, 9.17) is 14.6 Å². The van der Waals surface area contributed by atoms with E-state index in [0.29, 0.717) is 13.2 Å². The van der Waals surface area contributed by atoms with E-state index >= 15 is 0 Å². The lowest BCUT2D eigenvalue weighted by molar-refractivity contribution is -0.169. The molecular formula is C8H18O3. The van der Waals surface area contributed by atoms with Crippen molar-refractivity contribution in [3.8, 4) is 0 Å². The molecule has 0 saturated carbocycles. The largest absolute Gasteiger partial charge is 0.396 e. The van der Waals surface area contributed by atoms with Gasteiger partial charge in [-0.2, -0.15) is 0 Å². The summed E-state index contributed by atoms with van der Waals surface area (Å²) < 4.78 is 10.5. The van der Waals surface area contributed by atoms with E-state index in [1.54, 1.807) is 0 Å². The first kappa shape index (κ1) is 10.9. The molecule has 0 amide bonds. The highest BCUT2D eigenvalue weighted by atomic mass is 16.7. The zero-order valence-electron chi connectivity index (χ0n) is 7.54. The number of ether oxygens (including phenoxy) is 2. The Bertz CT molecular complexity index is 79.4. The van der Waals surface area contributed by atoms with Gasteiger partial charge in [-0.25, -0.2) is 0 Å². The molecule has 0 aromatic heterocycles. The molecule has 0 spiro atoms. The number of rotatable bonds is 6. The minimum Gasteiger partial charge on any atom is -0.396 e. The van der Waals surface area contributed by atoms with Gasteiger partial charge in [-0.3, -0.25) is 0 Å². The molecule has 0 aliphatic rings. The van der Waals surface area contributed by atoms with Crippen LogP contribution in [-0.2, 0) is 9.47 Å². The smallest absolute Gasteiger partial charge is 0.162 e. The zero-order valence-corrected chi connectivity index (χ0v) is 7.54. The van der Waals surface area contributed by atoms with Gasteiger partial charge in [-0.05, 0) is 13.8 Å². The molecule has 0 fully saturated rings. The SMILES string of the molecule is CCOC(OCC)C(C)CO. The van der Waals surface area contributed by atoms with Crippen molar-refractivity contribution in [2.24, 2.45) is 5.92 Å². The summed E-state index contributed by atoms with van der Waals surface area (Å²) >= 11 is 0. The topological polar surface area (TPSA) is 38.7 Å². The zero-order chi connectivity index (χ0) is 8.69. The van der Waals surface area contributed by atoms with Gasteiger partial charge in [0.05, 0.1) is 6.61 Å². The van der Waals surface area contributed by atoms with Crippen LogP contribution in [0.15, 0.2) is 0 Å². The Morgan fingerprint density at radius 1 is 1.18 bits per heavy atom. The standard InChI is InChI=1S/C8H18O3/c1-4-10-8(11-5-2)7(3)6-9/h7-9H,4-6H2,1-3H3. The highest BCUT2D eigenvalue weighted by Crippen LogP contribution is 2.07. The molecule has 11 heavy (non-hydrogen) atoms. The molecule has 68 valence electrons. The van der Waals surface area contributed by atoms with Crippen LogP contribution in [0.1, 0.15) is 20.8 Å². The normalized spacial score (nSPS) is 13.9. The highest BCUT2D eigenvalue weighted by molar-refractivity contribution is 4.54. The number of aliphatic hydroxyl groups is 1. The average Bonchev–Trinajstić information content (AvgIpc) is 2.03. The molecule has 0 aromatic carbocycles. The molecule has 0 aliphatic carbocycles. The first-order valence-corrected chi connectivity index (χ1v) is 4.10. The monoisotopic (exact) mass is 162 g/mol. The van der Waals surface area contributed by atoms with Crippen molar-refractivity contribution in [2.75, 3.05) is 19.8 Å². The quantitative estimate of drug-likeness (QED) is 0.592. The summed E-state index contributed by atoms with van der Waals surface area (Å²) in [4.78, 5) is 0. The third-order valence-electron chi connectivity index (χ3n) is 1.41. The van der Waals surface area contributed by atoms with Crippen molar-refractivity contribution in [3.05, 3.63) is 0 Å². The maximum atomic E-state index is 8.80. The van der Waals surface area contributed by atoms with Crippen molar-refractivity contribution in [2.45, 2.75) is 27.1 Å². The molecule has 0 bridgehead atoms. The van der Waals surface area contributed by atoms with E-state index in [2.05, 4.69) is 0 Å². The third-order valence-corrected chi connectivity index (χ3v) is 1.41. The summed E-state index contributed by atoms with van der Waals surface area (Å²) in [6, 6.07) is 0. The van der Waals surface area contributed by atoms with Gasteiger partial charge in [-0.15, -0.1) is 0 Å². The maximum Gasteiger partial charge on any atom is 0.162 e. The average molecular weight is 162 g/mol. The predicted molar refractivity (Wildman–Crippen MR) is 43.3 cm³/mol. The number of hydrogen-bond acceptors (Lipinski definition) is 3. The van der Waals surface area contributed by atoms with Crippen LogP contribution in [0.3, 0.4) is 0 Å². The molecule has 3 nitrogen and oxygen atoms in total. The van der Waals surface area contributed by atoms with Gasteiger partial charge in [0.25, 0.3) is 0 Å². The molecule has 0 aromatic rings. The van der Waals surface area contributed by atoms with Gasteiger partial charge in [-0.1, -0.05) is 6.92 Å². The van der Waals surface area contributed by atoms with Gasteiger partial charge in [0.15, 0.2) is 6.29 Å². The Morgan fingerprint density at radius 2 is 1.64 bits per heavy atom. The van der Waals surface area contributed by atoms with Crippen LogP contribution in [0.25, 0.3) is 0 Å². The highest BCUT2D eigenvalue weighted by Gasteiger charge is 2.15. The van der Waals surface area contributed by atoms with Crippen LogP contribution in [0.4, 0.5) is 0 Å². The second kappa shape index (κ2) is 6.58. The van der Waals surface area contributed by atoms with Crippen LogP contribution >= 0.6 is 0 Å². The third kappa shape index (κ3) is 4.35. The van der Waals surface area contributed by atoms with Gasteiger partial charge >= 0.3 is 0 Å². The summed E-state index contributed by atoms with van der Waals surface area (Å²) in [5.41, 5.74) is 0. The lowest BCUT2D eigenvalue weighted by Gasteiger charge is -2.21. The Morgan fingerprint density at radius 3 is 1.91 bits per heavy atom. The van der Waals surface area contributed by atoms with Gasteiger partial charge in [0.2, 0.25) is 0 Å². The first-order chi connectivity index (χ1) is 5.26. The molecule has 3 heteroatoms. The molecule has 0 saturated heterocycles. The minimum atomic E-state index is -0.255. The van der Waals surface area contributed by atoms with E-state index in [0.717, 1.165) is 0 Å². The molecule has 0 heterocycles. The lowest BCUT2D eigenvalue weighted by Crippen LogP contribution is -2.27. The predicted octanol–water partition coefficient (Wildman–Crippen LogP) is 1.01. The second-order valence-electron chi connectivity index (χ2n) is 2.44. The fourth-order valence-corrected chi connectivity index (χ4v) is 0.791. The first-order valence-electron chi connectivity index (χ1n) is 4.10. The summed E-state index contributed by atoms with van der Waals surface area (Å²) in [7, 11) is 0. The fraction of sp³-hybridized carbons (Fsp3) is 1.00. The maximum absolute atomic E-state index is 8.80. The van der Waals surface area contributed by atoms with Crippen molar-refractivity contribution >= 4 is 0 Å². The minimum absolute atomic E-state index is 0.0508. The Hall–Kier alpha value is -0.120.